The fourth-order valence-electron chi connectivity index (χ4n) is 1.74. The molecule has 1 aromatic heterocycles. The Morgan fingerprint density at radius 2 is 2.06 bits per heavy atom. The highest BCUT2D eigenvalue weighted by molar-refractivity contribution is 5.92. The number of fused-ring (bicyclic) bond motifs is 1. The van der Waals surface area contributed by atoms with E-state index in [1.807, 2.05) is 18.2 Å². The predicted octanol–water partition coefficient (Wildman–Crippen LogP) is 2.51. The Labute approximate surface area is 95.7 Å². The van der Waals surface area contributed by atoms with Crippen LogP contribution in [-0.4, -0.2) is 11.0 Å². The van der Waals surface area contributed by atoms with Gasteiger partial charge in [-0.1, -0.05) is 24.3 Å². The standard InChI is InChI=1S/C13H17N3/c1-9(2)15-13-12-6-4-3-5-10(12)7-11(8-14)16-13/h3-7,9H,8,14H2,1-2H3,(H,15,16). The Bertz CT molecular complexity index is 492. The van der Waals surface area contributed by atoms with Crippen LogP contribution in [0.5, 0.6) is 0 Å². The van der Waals surface area contributed by atoms with E-state index in [-0.39, 0.29) is 0 Å². The highest BCUT2D eigenvalue weighted by atomic mass is 15.0. The number of nitrogens with one attached hydrogen (secondary N) is 1. The number of anilines is 1. The largest absolute Gasteiger partial charge is 0.367 e. The third-order valence-electron chi connectivity index (χ3n) is 2.43. The van der Waals surface area contributed by atoms with Crippen molar-refractivity contribution in [3.8, 4) is 0 Å². The molecule has 0 radical (unpaired) electrons. The van der Waals surface area contributed by atoms with E-state index in [9.17, 15) is 0 Å². The van der Waals surface area contributed by atoms with Crippen molar-refractivity contribution >= 4 is 16.6 Å². The van der Waals surface area contributed by atoms with E-state index in [1.165, 1.54) is 5.39 Å². The summed E-state index contributed by atoms with van der Waals surface area (Å²) in [5.74, 6) is 0.925. The van der Waals surface area contributed by atoms with Crippen LogP contribution in [0.2, 0.25) is 0 Å². The lowest BCUT2D eigenvalue weighted by molar-refractivity contribution is 0.884. The van der Waals surface area contributed by atoms with E-state index in [1.54, 1.807) is 0 Å². The van der Waals surface area contributed by atoms with Crippen LogP contribution >= 0.6 is 0 Å². The lowest BCUT2D eigenvalue weighted by atomic mass is 10.1. The first-order chi connectivity index (χ1) is 7.70. The molecule has 0 aliphatic heterocycles. The fraction of sp³-hybridized carbons (Fsp3) is 0.308. The molecule has 3 nitrogen and oxygen atoms in total. The molecule has 2 aromatic rings. The van der Waals surface area contributed by atoms with E-state index in [0.29, 0.717) is 12.6 Å². The molecule has 0 amide bonds. The maximum absolute atomic E-state index is 5.65. The van der Waals surface area contributed by atoms with E-state index < -0.39 is 0 Å². The van der Waals surface area contributed by atoms with Crippen molar-refractivity contribution in [2.75, 3.05) is 5.32 Å². The van der Waals surface area contributed by atoms with Crippen molar-refractivity contribution in [3.63, 3.8) is 0 Å². The van der Waals surface area contributed by atoms with Gasteiger partial charge in [0.2, 0.25) is 0 Å². The molecule has 0 saturated heterocycles. The number of nitrogens with zero attached hydrogens (tertiary/aromatic N) is 1. The smallest absolute Gasteiger partial charge is 0.134 e. The zero-order chi connectivity index (χ0) is 11.5. The topological polar surface area (TPSA) is 50.9 Å². The van der Waals surface area contributed by atoms with Gasteiger partial charge in [0, 0.05) is 18.0 Å². The van der Waals surface area contributed by atoms with Crippen molar-refractivity contribution in [1.82, 2.24) is 4.98 Å². The van der Waals surface area contributed by atoms with Crippen LogP contribution in [0.3, 0.4) is 0 Å². The molecular formula is C13H17N3. The Morgan fingerprint density at radius 3 is 2.75 bits per heavy atom. The average Bonchev–Trinajstić information content (AvgIpc) is 2.28. The number of aromatic nitrogens is 1. The summed E-state index contributed by atoms with van der Waals surface area (Å²) in [6.07, 6.45) is 0. The van der Waals surface area contributed by atoms with Gasteiger partial charge in [-0.2, -0.15) is 0 Å². The van der Waals surface area contributed by atoms with Crippen molar-refractivity contribution in [2.24, 2.45) is 5.73 Å². The van der Waals surface area contributed by atoms with Crippen LogP contribution in [0.4, 0.5) is 5.82 Å². The normalized spacial score (nSPS) is 11.0. The summed E-state index contributed by atoms with van der Waals surface area (Å²) >= 11 is 0. The molecule has 1 heterocycles. The third kappa shape index (κ3) is 2.14. The summed E-state index contributed by atoms with van der Waals surface area (Å²) in [5.41, 5.74) is 6.57. The maximum Gasteiger partial charge on any atom is 0.134 e. The molecule has 0 aliphatic rings. The van der Waals surface area contributed by atoms with Crippen molar-refractivity contribution < 1.29 is 0 Å². The Hall–Kier alpha value is -1.61. The van der Waals surface area contributed by atoms with Gasteiger partial charge in [-0.15, -0.1) is 0 Å². The molecule has 84 valence electrons. The molecule has 3 N–H and O–H groups in total. The quantitative estimate of drug-likeness (QED) is 0.827. The minimum Gasteiger partial charge on any atom is -0.367 e. The summed E-state index contributed by atoms with van der Waals surface area (Å²) in [4.78, 5) is 4.52. The molecular weight excluding hydrogens is 198 g/mol. The Kier molecular flexibility index (Phi) is 3.06. The zero-order valence-corrected chi connectivity index (χ0v) is 9.70. The van der Waals surface area contributed by atoms with Gasteiger partial charge in [0.25, 0.3) is 0 Å². The van der Waals surface area contributed by atoms with Crippen molar-refractivity contribution in [3.05, 3.63) is 36.0 Å². The summed E-state index contributed by atoms with van der Waals surface area (Å²) < 4.78 is 0. The van der Waals surface area contributed by atoms with Gasteiger partial charge >= 0.3 is 0 Å². The van der Waals surface area contributed by atoms with Gasteiger partial charge in [-0.05, 0) is 25.3 Å². The summed E-state index contributed by atoms with van der Waals surface area (Å²) in [7, 11) is 0. The minimum absolute atomic E-state index is 0.365. The lowest BCUT2D eigenvalue weighted by Crippen LogP contribution is -2.13. The number of pyridine rings is 1. The molecule has 1 aromatic carbocycles. The lowest BCUT2D eigenvalue weighted by Gasteiger charge is -2.13. The molecule has 0 aliphatic carbocycles. The van der Waals surface area contributed by atoms with Crippen molar-refractivity contribution in [2.45, 2.75) is 26.4 Å². The fourth-order valence-corrected chi connectivity index (χ4v) is 1.74. The molecule has 3 heteroatoms. The monoisotopic (exact) mass is 215 g/mol. The van der Waals surface area contributed by atoms with Crippen molar-refractivity contribution in [1.29, 1.82) is 0 Å². The second-order valence-corrected chi connectivity index (χ2v) is 4.19. The van der Waals surface area contributed by atoms with Gasteiger partial charge < -0.3 is 11.1 Å². The van der Waals surface area contributed by atoms with Crippen LogP contribution in [0, 0.1) is 0 Å². The molecule has 16 heavy (non-hydrogen) atoms. The summed E-state index contributed by atoms with van der Waals surface area (Å²) in [5, 5.41) is 5.68. The van der Waals surface area contributed by atoms with Gasteiger partial charge in [0.1, 0.15) is 5.82 Å². The maximum atomic E-state index is 5.65. The third-order valence-corrected chi connectivity index (χ3v) is 2.43. The number of rotatable bonds is 3. The van der Waals surface area contributed by atoms with Gasteiger partial charge in [0.05, 0.1) is 5.69 Å². The van der Waals surface area contributed by atoms with E-state index in [2.05, 4.69) is 36.3 Å². The molecule has 0 unspecified atom stereocenters. The minimum atomic E-state index is 0.365. The van der Waals surface area contributed by atoms with Crippen LogP contribution < -0.4 is 11.1 Å². The van der Waals surface area contributed by atoms with Gasteiger partial charge in [-0.3, -0.25) is 0 Å². The zero-order valence-electron chi connectivity index (χ0n) is 9.70. The number of nitrogens with two attached hydrogens (primary N) is 1. The first-order valence-electron chi connectivity index (χ1n) is 5.56. The number of benzene rings is 1. The van der Waals surface area contributed by atoms with Crippen LogP contribution in [0.15, 0.2) is 30.3 Å². The first kappa shape index (κ1) is 10.9. The van der Waals surface area contributed by atoms with E-state index in [0.717, 1.165) is 16.9 Å². The SMILES string of the molecule is CC(C)Nc1nc(CN)cc2ccccc12. The second kappa shape index (κ2) is 4.49. The second-order valence-electron chi connectivity index (χ2n) is 4.19. The van der Waals surface area contributed by atoms with Gasteiger partial charge in [0.15, 0.2) is 0 Å². The molecule has 2 rings (SSSR count). The van der Waals surface area contributed by atoms with E-state index in [4.69, 9.17) is 5.73 Å². The van der Waals surface area contributed by atoms with Gasteiger partial charge in [-0.25, -0.2) is 4.98 Å². The molecule has 0 atom stereocenters. The Morgan fingerprint density at radius 1 is 1.31 bits per heavy atom. The predicted molar refractivity (Wildman–Crippen MR) is 68.4 cm³/mol. The highest BCUT2D eigenvalue weighted by Crippen LogP contribution is 2.22. The number of hydrogen-bond acceptors (Lipinski definition) is 3. The highest BCUT2D eigenvalue weighted by Gasteiger charge is 2.05. The number of hydrogen-bond donors (Lipinski definition) is 2. The molecule has 0 fully saturated rings. The van der Waals surface area contributed by atoms with Crippen LogP contribution in [0.1, 0.15) is 19.5 Å². The average molecular weight is 215 g/mol. The molecule has 0 spiro atoms. The summed E-state index contributed by atoms with van der Waals surface area (Å²) in [6.45, 7) is 4.68. The Balaban J connectivity index is 2.59. The first-order valence-corrected chi connectivity index (χ1v) is 5.56. The molecule has 0 saturated carbocycles. The van der Waals surface area contributed by atoms with Crippen LogP contribution in [-0.2, 0) is 6.54 Å². The molecule has 0 bridgehead atoms. The summed E-state index contributed by atoms with van der Waals surface area (Å²) in [6, 6.07) is 10.6. The van der Waals surface area contributed by atoms with E-state index >= 15 is 0 Å². The van der Waals surface area contributed by atoms with Crippen LogP contribution in [0.25, 0.3) is 10.8 Å².